The number of benzene rings is 1. The van der Waals surface area contributed by atoms with Gasteiger partial charge in [-0.05, 0) is 36.2 Å². The van der Waals surface area contributed by atoms with E-state index >= 15 is 0 Å². The Balaban J connectivity index is 1.53. The quantitative estimate of drug-likeness (QED) is 0.754. The lowest BCUT2D eigenvalue weighted by atomic mass is 10.0. The summed E-state index contributed by atoms with van der Waals surface area (Å²) < 4.78 is 19.9. The molecule has 1 aliphatic rings. The smallest absolute Gasteiger partial charge is 0.233 e. The Hall–Kier alpha value is -2.70. The molecule has 1 aromatic carbocycles. The summed E-state index contributed by atoms with van der Waals surface area (Å²) in [7, 11) is 1.81. The molecular formula is C17H18FN3O3. The summed E-state index contributed by atoms with van der Waals surface area (Å²) in [5.41, 5.74) is 0.938. The van der Waals surface area contributed by atoms with Crippen LogP contribution in [0.5, 0.6) is 5.75 Å². The Morgan fingerprint density at radius 2 is 2.04 bits per heavy atom. The SMILES string of the molecule is Cn1cc(CC2CC(=O)N(CCOc3ccc(F)cc3)C2=O)cn1. The van der Waals surface area contributed by atoms with Gasteiger partial charge in [0.1, 0.15) is 18.2 Å². The number of imide groups is 1. The molecule has 1 fully saturated rings. The lowest BCUT2D eigenvalue weighted by Gasteiger charge is -2.15. The van der Waals surface area contributed by atoms with Crippen LogP contribution in [0.3, 0.4) is 0 Å². The van der Waals surface area contributed by atoms with Crippen LogP contribution in [-0.2, 0) is 23.1 Å². The van der Waals surface area contributed by atoms with Gasteiger partial charge in [0.15, 0.2) is 0 Å². The predicted molar refractivity (Wildman–Crippen MR) is 83.6 cm³/mol. The first-order chi connectivity index (χ1) is 11.5. The number of rotatable bonds is 6. The van der Waals surface area contributed by atoms with Gasteiger partial charge in [0.25, 0.3) is 0 Å². The molecular weight excluding hydrogens is 313 g/mol. The third kappa shape index (κ3) is 3.61. The molecule has 6 nitrogen and oxygen atoms in total. The maximum absolute atomic E-state index is 12.8. The standard InChI is InChI=1S/C17H18FN3O3/c1-20-11-12(10-19-20)8-13-9-16(22)21(17(13)23)6-7-24-15-4-2-14(18)3-5-15/h2-5,10-11,13H,6-9H2,1H3. The molecule has 24 heavy (non-hydrogen) atoms. The van der Waals surface area contributed by atoms with Gasteiger partial charge in [-0.1, -0.05) is 0 Å². The molecule has 0 saturated carbocycles. The molecule has 0 bridgehead atoms. The summed E-state index contributed by atoms with van der Waals surface area (Å²) in [6.07, 6.45) is 4.27. The Bertz CT molecular complexity index is 742. The number of nitrogens with zero attached hydrogens (tertiary/aromatic N) is 3. The predicted octanol–water partition coefficient (Wildman–Crippen LogP) is 1.56. The third-order valence-corrected chi connectivity index (χ3v) is 3.98. The van der Waals surface area contributed by atoms with Crippen LogP contribution in [0.2, 0.25) is 0 Å². The number of ether oxygens (including phenoxy) is 1. The molecule has 0 N–H and O–H groups in total. The molecule has 0 spiro atoms. The van der Waals surface area contributed by atoms with E-state index in [9.17, 15) is 14.0 Å². The Morgan fingerprint density at radius 1 is 1.29 bits per heavy atom. The summed E-state index contributed by atoms with van der Waals surface area (Å²) in [5.74, 6) is -0.538. The van der Waals surface area contributed by atoms with Gasteiger partial charge in [0.05, 0.1) is 18.7 Å². The van der Waals surface area contributed by atoms with Crippen LogP contribution in [0.15, 0.2) is 36.7 Å². The van der Waals surface area contributed by atoms with Gasteiger partial charge < -0.3 is 4.74 Å². The first kappa shape index (κ1) is 16.2. The van der Waals surface area contributed by atoms with Gasteiger partial charge in [-0.2, -0.15) is 5.10 Å². The molecule has 1 aliphatic heterocycles. The maximum atomic E-state index is 12.8. The van der Waals surface area contributed by atoms with Gasteiger partial charge in [0, 0.05) is 19.7 Å². The average molecular weight is 331 g/mol. The van der Waals surface area contributed by atoms with E-state index in [0.717, 1.165) is 5.56 Å². The molecule has 7 heteroatoms. The van der Waals surface area contributed by atoms with Crippen molar-refractivity contribution in [3.05, 3.63) is 48.0 Å². The van der Waals surface area contributed by atoms with Gasteiger partial charge in [0.2, 0.25) is 11.8 Å². The van der Waals surface area contributed by atoms with E-state index in [4.69, 9.17) is 4.74 Å². The van der Waals surface area contributed by atoms with Crippen LogP contribution in [0.25, 0.3) is 0 Å². The molecule has 1 unspecified atom stereocenters. The fourth-order valence-electron chi connectivity index (χ4n) is 2.79. The second-order valence-corrected chi connectivity index (χ2v) is 5.81. The minimum absolute atomic E-state index is 0.174. The molecule has 1 atom stereocenters. The second-order valence-electron chi connectivity index (χ2n) is 5.81. The highest BCUT2D eigenvalue weighted by molar-refractivity contribution is 6.03. The van der Waals surface area contributed by atoms with Gasteiger partial charge >= 0.3 is 0 Å². The van der Waals surface area contributed by atoms with Crippen LogP contribution in [0, 0.1) is 11.7 Å². The van der Waals surface area contributed by atoms with Crippen LogP contribution in [0.1, 0.15) is 12.0 Å². The molecule has 0 radical (unpaired) electrons. The molecule has 2 aromatic rings. The van der Waals surface area contributed by atoms with E-state index in [0.29, 0.717) is 12.2 Å². The summed E-state index contributed by atoms with van der Waals surface area (Å²) in [6, 6.07) is 5.61. The van der Waals surface area contributed by atoms with Crippen molar-refractivity contribution in [2.75, 3.05) is 13.2 Å². The summed E-state index contributed by atoms with van der Waals surface area (Å²) >= 11 is 0. The average Bonchev–Trinajstić information content (AvgIpc) is 3.07. The molecule has 126 valence electrons. The lowest BCUT2D eigenvalue weighted by molar-refractivity contribution is -0.139. The van der Waals surface area contributed by atoms with E-state index in [2.05, 4.69) is 5.10 Å². The Morgan fingerprint density at radius 3 is 2.71 bits per heavy atom. The van der Waals surface area contributed by atoms with Crippen molar-refractivity contribution in [2.45, 2.75) is 12.8 Å². The van der Waals surface area contributed by atoms with Crippen LogP contribution in [0.4, 0.5) is 4.39 Å². The van der Waals surface area contributed by atoms with E-state index in [1.54, 1.807) is 10.9 Å². The lowest BCUT2D eigenvalue weighted by Crippen LogP contribution is -2.34. The van der Waals surface area contributed by atoms with Gasteiger partial charge in [-0.25, -0.2) is 4.39 Å². The van der Waals surface area contributed by atoms with E-state index in [1.807, 2.05) is 13.2 Å². The maximum Gasteiger partial charge on any atom is 0.233 e. The van der Waals surface area contributed by atoms with Crippen molar-refractivity contribution < 1.29 is 18.7 Å². The van der Waals surface area contributed by atoms with Crippen LogP contribution in [-0.4, -0.2) is 39.6 Å². The first-order valence-electron chi connectivity index (χ1n) is 7.73. The van der Waals surface area contributed by atoms with E-state index in [-0.39, 0.29) is 43.1 Å². The summed E-state index contributed by atoms with van der Waals surface area (Å²) in [4.78, 5) is 25.7. The van der Waals surface area contributed by atoms with Crippen LogP contribution < -0.4 is 4.74 Å². The first-order valence-corrected chi connectivity index (χ1v) is 7.73. The highest BCUT2D eigenvalue weighted by atomic mass is 19.1. The van der Waals surface area contributed by atoms with Gasteiger partial charge in [-0.15, -0.1) is 0 Å². The summed E-state index contributed by atoms with van der Waals surface area (Å²) in [5, 5.41) is 4.07. The number of hydrogen-bond acceptors (Lipinski definition) is 4. The number of carbonyl (C=O) groups excluding carboxylic acids is 2. The fourth-order valence-corrected chi connectivity index (χ4v) is 2.79. The number of likely N-dealkylation sites (tertiary alicyclic amines) is 1. The van der Waals surface area contributed by atoms with Crippen molar-refractivity contribution in [2.24, 2.45) is 13.0 Å². The van der Waals surface area contributed by atoms with Crippen molar-refractivity contribution in [1.29, 1.82) is 0 Å². The topological polar surface area (TPSA) is 64.4 Å². The number of carbonyl (C=O) groups is 2. The fraction of sp³-hybridized carbons (Fsp3) is 0.353. The second kappa shape index (κ2) is 6.82. The number of amides is 2. The molecule has 3 rings (SSSR count). The monoisotopic (exact) mass is 331 g/mol. The molecule has 2 amide bonds. The molecule has 2 heterocycles. The van der Waals surface area contributed by atoms with Crippen molar-refractivity contribution >= 4 is 11.8 Å². The zero-order valence-corrected chi connectivity index (χ0v) is 13.3. The molecule has 0 aliphatic carbocycles. The largest absolute Gasteiger partial charge is 0.492 e. The van der Waals surface area contributed by atoms with Crippen molar-refractivity contribution in [3.8, 4) is 5.75 Å². The number of hydrogen-bond donors (Lipinski definition) is 0. The zero-order valence-electron chi connectivity index (χ0n) is 13.3. The minimum atomic E-state index is -0.342. The Kier molecular flexibility index (Phi) is 4.59. The van der Waals surface area contributed by atoms with E-state index < -0.39 is 0 Å². The van der Waals surface area contributed by atoms with Crippen molar-refractivity contribution in [1.82, 2.24) is 14.7 Å². The third-order valence-electron chi connectivity index (χ3n) is 3.98. The number of aryl methyl sites for hydroxylation is 1. The number of aromatic nitrogens is 2. The highest BCUT2D eigenvalue weighted by Crippen LogP contribution is 2.23. The Labute approximate surface area is 138 Å². The number of halogens is 1. The zero-order chi connectivity index (χ0) is 17.1. The normalized spacial score (nSPS) is 17.6. The van der Waals surface area contributed by atoms with Gasteiger partial charge in [-0.3, -0.25) is 19.2 Å². The van der Waals surface area contributed by atoms with E-state index in [1.165, 1.54) is 29.2 Å². The van der Waals surface area contributed by atoms with Crippen molar-refractivity contribution in [3.63, 3.8) is 0 Å². The molecule has 1 aromatic heterocycles. The highest BCUT2D eigenvalue weighted by Gasteiger charge is 2.38. The summed E-state index contributed by atoms with van der Waals surface area (Å²) in [6.45, 7) is 0.376. The minimum Gasteiger partial charge on any atom is -0.492 e. The van der Waals surface area contributed by atoms with Crippen LogP contribution >= 0.6 is 0 Å². The molecule has 1 saturated heterocycles.